The summed E-state index contributed by atoms with van der Waals surface area (Å²) >= 11 is 1.96. The van der Waals surface area contributed by atoms with Gasteiger partial charge in [-0.25, -0.2) is 4.39 Å². The number of halogens is 2. The first kappa shape index (κ1) is 15.0. The number of ketones is 1. The summed E-state index contributed by atoms with van der Waals surface area (Å²) in [6, 6.07) is 11.2. The SMILES string of the molecule is CC(C)Oc1ccccc1C(=O)c1ccc(F)cc1I. The monoisotopic (exact) mass is 384 g/mol. The Kier molecular flexibility index (Phi) is 4.75. The van der Waals surface area contributed by atoms with Crippen LogP contribution < -0.4 is 4.74 Å². The molecule has 0 saturated carbocycles. The van der Waals surface area contributed by atoms with Crippen molar-refractivity contribution in [1.82, 2.24) is 0 Å². The summed E-state index contributed by atoms with van der Waals surface area (Å²) in [5.41, 5.74) is 0.970. The number of ether oxygens (including phenoxy) is 1. The summed E-state index contributed by atoms with van der Waals surface area (Å²) < 4.78 is 19.4. The molecule has 0 aromatic heterocycles. The average Bonchev–Trinajstić information content (AvgIpc) is 2.38. The lowest BCUT2D eigenvalue weighted by Gasteiger charge is -2.14. The molecule has 2 aromatic rings. The first-order valence-corrected chi connectivity index (χ1v) is 7.32. The van der Waals surface area contributed by atoms with Gasteiger partial charge in [0.25, 0.3) is 0 Å². The minimum absolute atomic E-state index is 0.0174. The summed E-state index contributed by atoms with van der Waals surface area (Å²) in [5, 5.41) is 0. The van der Waals surface area contributed by atoms with E-state index in [2.05, 4.69) is 0 Å². The normalized spacial score (nSPS) is 10.7. The van der Waals surface area contributed by atoms with Crippen molar-refractivity contribution < 1.29 is 13.9 Å². The van der Waals surface area contributed by atoms with Crippen LogP contribution in [0.3, 0.4) is 0 Å². The van der Waals surface area contributed by atoms with E-state index in [0.717, 1.165) is 0 Å². The average molecular weight is 384 g/mol. The largest absolute Gasteiger partial charge is 0.490 e. The minimum Gasteiger partial charge on any atom is -0.490 e. The number of carbonyl (C=O) groups is 1. The van der Waals surface area contributed by atoms with Crippen LogP contribution in [0.5, 0.6) is 5.75 Å². The van der Waals surface area contributed by atoms with Crippen molar-refractivity contribution in [2.75, 3.05) is 0 Å². The van der Waals surface area contributed by atoms with Gasteiger partial charge in [0.05, 0.1) is 11.7 Å². The molecule has 0 amide bonds. The molecule has 0 saturated heterocycles. The molecule has 0 spiro atoms. The second-order valence-electron chi connectivity index (χ2n) is 4.62. The van der Waals surface area contributed by atoms with E-state index >= 15 is 0 Å². The highest BCUT2D eigenvalue weighted by Crippen LogP contribution is 2.25. The molecule has 0 heterocycles. The summed E-state index contributed by atoms with van der Waals surface area (Å²) in [6.07, 6.45) is -0.0174. The molecule has 0 N–H and O–H groups in total. The molecule has 104 valence electrons. The maximum atomic E-state index is 13.1. The van der Waals surface area contributed by atoms with E-state index in [9.17, 15) is 9.18 Å². The van der Waals surface area contributed by atoms with Gasteiger partial charge in [-0.3, -0.25) is 4.79 Å². The Labute approximate surface area is 131 Å². The third-order valence-corrected chi connectivity index (χ3v) is 3.56. The molecule has 2 rings (SSSR count). The fourth-order valence-electron chi connectivity index (χ4n) is 1.83. The van der Waals surface area contributed by atoms with Gasteiger partial charge in [0.1, 0.15) is 11.6 Å². The van der Waals surface area contributed by atoms with E-state index in [-0.39, 0.29) is 17.7 Å². The Morgan fingerprint density at radius 3 is 2.50 bits per heavy atom. The Morgan fingerprint density at radius 1 is 1.15 bits per heavy atom. The first-order chi connectivity index (χ1) is 9.49. The van der Waals surface area contributed by atoms with Crippen molar-refractivity contribution in [1.29, 1.82) is 0 Å². The number of para-hydroxylation sites is 1. The highest BCUT2D eigenvalue weighted by atomic mass is 127. The van der Waals surface area contributed by atoms with Crippen molar-refractivity contribution in [3.63, 3.8) is 0 Å². The number of carbonyl (C=O) groups excluding carboxylic acids is 1. The zero-order valence-electron chi connectivity index (χ0n) is 11.2. The van der Waals surface area contributed by atoms with Crippen molar-refractivity contribution in [2.24, 2.45) is 0 Å². The van der Waals surface area contributed by atoms with Crippen molar-refractivity contribution in [2.45, 2.75) is 20.0 Å². The van der Waals surface area contributed by atoms with Gasteiger partial charge < -0.3 is 4.74 Å². The number of hydrogen-bond donors (Lipinski definition) is 0. The molecule has 0 fully saturated rings. The summed E-state index contributed by atoms with van der Waals surface area (Å²) in [6.45, 7) is 3.81. The standard InChI is InChI=1S/C16H14FIO2/c1-10(2)20-15-6-4-3-5-13(15)16(19)12-8-7-11(17)9-14(12)18/h3-10H,1-2H3. The lowest BCUT2D eigenvalue weighted by Crippen LogP contribution is -2.11. The molecule has 2 nitrogen and oxygen atoms in total. The third kappa shape index (κ3) is 3.36. The molecule has 0 aliphatic carbocycles. The van der Waals surface area contributed by atoms with Crippen molar-refractivity contribution >= 4 is 28.4 Å². The van der Waals surface area contributed by atoms with Gasteiger partial charge in [0, 0.05) is 9.13 Å². The molecule has 0 atom stereocenters. The molecule has 0 unspecified atom stereocenters. The number of benzene rings is 2. The fraction of sp³-hybridized carbons (Fsp3) is 0.188. The van der Waals surface area contributed by atoms with Crippen LogP contribution in [0, 0.1) is 9.39 Å². The van der Waals surface area contributed by atoms with Crippen LogP contribution in [0.4, 0.5) is 4.39 Å². The Balaban J connectivity index is 2.43. The van der Waals surface area contributed by atoms with Crippen LogP contribution in [0.2, 0.25) is 0 Å². The summed E-state index contributed by atoms with van der Waals surface area (Å²) in [4.78, 5) is 12.6. The topological polar surface area (TPSA) is 26.3 Å². The first-order valence-electron chi connectivity index (χ1n) is 6.24. The molecule has 0 aliphatic heterocycles. The maximum absolute atomic E-state index is 13.1. The summed E-state index contributed by atoms with van der Waals surface area (Å²) in [5.74, 6) is 0.0379. The van der Waals surface area contributed by atoms with Crippen molar-refractivity contribution in [3.05, 3.63) is 63.0 Å². The highest BCUT2D eigenvalue weighted by Gasteiger charge is 2.17. The van der Waals surface area contributed by atoms with E-state index in [1.165, 1.54) is 18.2 Å². The lowest BCUT2D eigenvalue weighted by molar-refractivity contribution is 0.103. The molecule has 0 bridgehead atoms. The minimum atomic E-state index is -0.349. The fourth-order valence-corrected chi connectivity index (χ4v) is 2.55. The van der Waals surface area contributed by atoms with E-state index in [1.54, 1.807) is 18.2 Å². The van der Waals surface area contributed by atoms with Gasteiger partial charge in [-0.1, -0.05) is 12.1 Å². The summed E-state index contributed by atoms with van der Waals surface area (Å²) in [7, 11) is 0. The van der Waals surface area contributed by atoms with Crippen LogP contribution >= 0.6 is 22.6 Å². The molecular formula is C16H14FIO2. The van der Waals surface area contributed by atoms with Gasteiger partial charge >= 0.3 is 0 Å². The highest BCUT2D eigenvalue weighted by molar-refractivity contribution is 14.1. The molecule has 0 radical (unpaired) electrons. The lowest BCUT2D eigenvalue weighted by atomic mass is 10.0. The van der Waals surface area contributed by atoms with E-state index in [4.69, 9.17) is 4.74 Å². The smallest absolute Gasteiger partial charge is 0.197 e. The van der Waals surface area contributed by atoms with Crippen LogP contribution in [-0.4, -0.2) is 11.9 Å². The second kappa shape index (κ2) is 6.35. The third-order valence-electron chi connectivity index (χ3n) is 2.67. The van der Waals surface area contributed by atoms with Gasteiger partial charge in [0.2, 0.25) is 0 Å². The van der Waals surface area contributed by atoms with Gasteiger partial charge in [0.15, 0.2) is 5.78 Å². The van der Waals surface area contributed by atoms with Crippen LogP contribution in [0.1, 0.15) is 29.8 Å². The Bertz CT molecular complexity index is 638. The molecule has 0 aliphatic rings. The van der Waals surface area contributed by atoms with Gasteiger partial charge in [-0.15, -0.1) is 0 Å². The zero-order valence-corrected chi connectivity index (χ0v) is 13.3. The van der Waals surface area contributed by atoms with E-state index in [1.807, 2.05) is 42.5 Å². The Hall–Kier alpha value is -1.43. The maximum Gasteiger partial charge on any atom is 0.197 e. The van der Waals surface area contributed by atoms with E-state index < -0.39 is 0 Å². The molecule has 4 heteroatoms. The van der Waals surface area contributed by atoms with Crippen LogP contribution in [0.25, 0.3) is 0 Å². The Morgan fingerprint density at radius 2 is 1.85 bits per heavy atom. The van der Waals surface area contributed by atoms with Crippen LogP contribution in [0.15, 0.2) is 42.5 Å². The van der Waals surface area contributed by atoms with Gasteiger partial charge in [-0.05, 0) is 66.8 Å². The second-order valence-corrected chi connectivity index (χ2v) is 5.78. The van der Waals surface area contributed by atoms with E-state index in [0.29, 0.717) is 20.4 Å². The zero-order chi connectivity index (χ0) is 14.7. The quantitative estimate of drug-likeness (QED) is 0.575. The molecule has 2 aromatic carbocycles. The molecule has 20 heavy (non-hydrogen) atoms. The van der Waals surface area contributed by atoms with Crippen LogP contribution in [-0.2, 0) is 0 Å². The van der Waals surface area contributed by atoms with Gasteiger partial charge in [-0.2, -0.15) is 0 Å². The molecular weight excluding hydrogens is 370 g/mol. The predicted molar refractivity (Wildman–Crippen MR) is 84.8 cm³/mol. The number of rotatable bonds is 4. The predicted octanol–water partition coefficient (Wildman–Crippen LogP) is 4.45. The number of hydrogen-bond acceptors (Lipinski definition) is 2. The van der Waals surface area contributed by atoms with Crippen molar-refractivity contribution in [3.8, 4) is 5.75 Å².